The lowest BCUT2D eigenvalue weighted by molar-refractivity contribution is -0.144. The molecule has 1 fully saturated rings. The number of amides is 1. The summed E-state index contributed by atoms with van der Waals surface area (Å²) >= 11 is 6.51. The molecule has 1 aromatic carbocycles. The monoisotopic (exact) mass is 512 g/mol. The van der Waals surface area contributed by atoms with Crippen molar-refractivity contribution in [1.29, 1.82) is 0 Å². The number of hydrogen-bond acceptors (Lipinski definition) is 8. The Morgan fingerprint density at radius 3 is 2.53 bits per heavy atom. The standard InChI is InChI=1S/C24H25ClN6O5/c1-24(2,12-32)21(33)31-9-7-15(8-10-31)35-22-26-17-11-16(25)18(27-20(17)28-22)13-3-5-14(6-4-13)19-29-23(34)36-30-19/h3-6,11,15,32H,7-10,12H2,1-2H3,(H,26,27,28)(H,29,30,34). The third-order valence-electron chi connectivity index (χ3n) is 6.26. The van der Waals surface area contributed by atoms with E-state index in [-0.39, 0.29) is 18.6 Å². The van der Waals surface area contributed by atoms with Crippen LogP contribution in [0.15, 0.2) is 39.6 Å². The minimum Gasteiger partial charge on any atom is -0.461 e. The molecule has 0 spiro atoms. The van der Waals surface area contributed by atoms with Crippen LogP contribution in [0.1, 0.15) is 26.7 Å². The number of likely N-dealkylation sites (tertiary alicyclic amines) is 1. The van der Waals surface area contributed by atoms with Crippen molar-refractivity contribution < 1.29 is 19.2 Å². The zero-order chi connectivity index (χ0) is 25.4. The van der Waals surface area contributed by atoms with Crippen molar-refractivity contribution in [3.05, 3.63) is 45.9 Å². The van der Waals surface area contributed by atoms with Crippen molar-refractivity contribution in [3.8, 4) is 28.7 Å². The number of hydrogen-bond donors (Lipinski definition) is 3. The molecule has 36 heavy (non-hydrogen) atoms. The molecule has 0 aliphatic carbocycles. The summed E-state index contributed by atoms with van der Waals surface area (Å²) in [6, 6.07) is 9.29. The highest BCUT2D eigenvalue weighted by Gasteiger charge is 2.34. The Balaban J connectivity index is 1.29. The maximum atomic E-state index is 12.6. The Morgan fingerprint density at radius 2 is 1.89 bits per heavy atom. The van der Waals surface area contributed by atoms with Crippen molar-refractivity contribution in [2.24, 2.45) is 5.41 Å². The summed E-state index contributed by atoms with van der Waals surface area (Å²) < 4.78 is 10.6. The second-order valence-corrected chi connectivity index (χ2v) is 9.81. The van der Waals surface area contributed by atoms with Gasteiger partial charge in [-0.3, -0.25) is 14.3 Å². The Morgan fingerprint density at radius 1 is 1.19 bits per heavy atom. The zero-order valence-electron chi connectivity index (χ0n) is 19.7. The number of imidazole rings is 1. The van der Waals surface area contributed by atoms with E-state index >= 15 is 0 Å². The van der Waals surface area contributed by atoms with Gasteiger partial charge in [0, 0.05) is 37.1 Å². The molecule has 1 amide bonds. The van der Waals surface area contributed by atoms with Gasteiger partial charge >= 0.3 is 5.76 Å². The van der Waals surface area contributed by atoms with Gasteiger partial charge in [-0.05, 0) is 19.9 Å². The number of nitrogens with zero attached hydrogens (tertiary/aromatic N) is 4. The van der Waals surface area contributed by atoms with Crippen LogP contribution in [0.5, 0.6) is 6.01 Å². The number of benzene rings is 1. The van der Waals surface area contributed by atoms with Gasteiger partial charge in [0.1, 0.15) is 6.10 Å². The van der Waals surface area contributed by atoms with Gasteiger partial charge in [0.2, 0.25) is 5.91 Å². The summed E-state index contributed by atoms with van der Waals surface area (Å²) in [5, 5.41) is 13.6. The molecule has 0 atom stereocenters. The number of pyridine rings is 1. The smallest absolute Gasteiger partial charge is 0.439 e. The Labute approximate surface area is 210 Å². The lowest BCUT2D eigenvalue weighted by atomic mass is 9.91. The summed E-state index contributed by atoms with van der Waals surface area (Å²) in [4.78, 5) is 40.2. The van der Waals surface area contributed by atoms with E-state index in [1.54, 1.807) is 36.9 Å². The summed E-state index contributed by atoms with van der Waals surface area (Å²) in [5.74, 6) is -0.339. The molecule has 3 N–H and O–H groups in total. The number of aliphatic hydroxyl groups is 1. The number of aliphatic hydroxyl groups excluding tert-OH is 1. The fourth-order valence-corrected chi connectivity index (χ4v) is 4.38. The Hall–Kier alpha value is -3.70. The Bertz CT molecular complexity index is 1450. The number of nitrogens with one attached hydrogen (secondary N) is 2. The van der Waals surface area contributed by atoms with Gasteiger partial charge in [-0.2, -0.15) is 4.98 Å². The maximum Gasteiger partial charge on any atom is 0.439 e. The number of halogens is 1. The molecular weight excluding hydrogens is 488 g/mol. The zero-order valence-corrected chi connectivity index (χ0v) is 20.5. The third-order valence-corrected chi connectivity index (χ3v) is 6.55. The first-order chi connectivity index (χ1) is 17.2. The van der Waals surface area contributed by atoms with Crippen molar-refractivity contribution >= 4 is 28.7 Å². The van der Waals surface area contributed by atoms with Crippen LogP contribution in [0.25, 0.3) is 33.8 Å². The first kappa shape index (κ1) is 24.0. The molecule has 1 aliphatic heterocycles. The Kier molecular flexibility index (Phi) is 6.27. The van der Waals surface area contributed by atoms with Crippen molar-refractivity contribution in [3.63, 3.8) is 0 Å². The molecule has 0 unspecified atom stereocenters. The molecule has 11 nitrogen and oxygen atoms in total. The van der Waals surface area contributed by atoms with Crippen LogP contribution in [0.4, 0.5) is 0 Å². The van der Waals surface area contributed by atoms with Gasteiger partial charge < -0.3 is 19.7 Å². The highest BCUT2D eigenvalue weighted by molar-refractivity contribution is 6.33. The lowest BCUT2D eigenvalue weighted by Gasteiger charge is -2.36. The molecule has 4 heterocycles. The topological polar surface area (TPSA) is 150 Å². The van der Waals surface area contributed by atoms with Gasteiger partial charge in [0.15, 0.2) is 11.5 Å². The molecule has 3 aromatic heterocycles. The number of aromatic amines is 2. The van der Waals surface area contributed by atoms with Gasteiger partial charge in [-0.1, -0.05) is 41.0 Å². The van der Waals surface area contributed by atoms with E-state index in [1.807, 2.05) is 12.1 Å². The van der Waals surface area contributed by atoms with Crippen LogP contribution < -0.4 is 10.5 Å². The van der Waals surface area contributed by atoms with E-state index in [0.717, 1.165) is 5.56 Å². The minimum atomic E-state index is -0.787. The van der Waals surface area contributed by atoms with Crippen LogP contribution in [0.2, 0.25) is 5.02 Å². The number of carbonyl (C=O) groups excluding carboxylic acids is 1. The first-order valence-electron chi connectivity index (χ1n) is 11.5. The van der Waals surface area contributed by atoms with Gasteiger partial charge in [0.25, 0.3) is 6.01 Å². The van der Waals surface area contributed by atoms with Crippen LogP contribution in [0, 0.1) is 5.41 Å². The third kappa shape index (κ3) is 4.71. The number of rotatable bonds is 6. The van der Waals surface area contributed by atoms with Crippen molar-refractivity contribution in [2.45, 2.75) is 32.8 Å². The van der Waals surface area contributed by atoms with E-state index in [0.29, 0.717) is 65.2 Å². The van der Waals surface area contributed by atoms with Gasteiger partial charge in [-0.25, -0.2) is 9.78 Å². The predicted octanol–water partition coefficient (Wildman–Crippen LogP) is 3.01. The van der Waals surface area contributed by atoms with E-state index in [2.05, 4.69) is 29.6 Å². The number of piperidine rings is 1. The fraction of sp³-hybridized carbons (Fsp3) is 0.375. The molecule has 5 rings (SSSR count). The average Bonchev–Trinajstić information content (AvgIpc) is 3.48. The summed E-state index contributed by atoms with van der Waals surface area (Å²) in [6.07, 6.45) is 1.22. The molecule has 4 aromatic rings. The van der Waals surface area contributed by atoms with Gasteiger partial charge in [0.05, 0.1) is 28.3 Å². The number of H-pyrrole nitrogens is 2. The second kappa shape index (κ2) is 9.40. The van der Waals surface area contributed by atoms with Gasteiger partial charge in [-0.15, -0.1) is 0 Å². The quantitative estimate of drug-likeness (QED) is 0.356. The van der Waals surface area contributed by atoms with E-state index in [4.69, 9.17) is 16.3 Å². The SMILES string of the molecule is CC(C)(CO)C(=O)N1CCC(Oc2nc3nc(-c4ccc(-c5noc(=O)[nH]5)cc4)c(Cl)cc3[nH]2)CC1. The number of fused-ring (bicyclic) bond motifs is 1. The lowest BCUT2D eigenvalue weighted by Crippen LogP contribution is -2.48. The number of ether oxygens (including phenoxy) is 1. The normalized spacial score (nSPS) is 14.9. The molecule has 0 bridgehead atoms. The average molecular weight is 513 g/mol. The summed E-state index contributed by atoms with van der Waals surface area (Å²) in [6.45, 7) is 4.40. The molecule has 1 aliphatic rings. The minimum absolute atomic E-state index is 0.0547. The summed E-state index contributed by atoms with van der Waals surface area (Å²) in [7, 11) is 0. The van der Waals surface area contributed by atoms with Crippen LogP contribution in [-0.4, -0.2) is 66.8 Å². The highest BCUT2D eigenvalue weighted by atomic mass is 35.5. The maximum absolute atomic E-state index is 12.6. The largest absolute Gasteiger partial charge is 0.461 e. The molecule has 0 saturated carbocycles. The van der Waals surface area contributed by atoms with Crippen molar-refractivity contribution in [2.75, 3.05) is 19.7 Å². The number of carbonyl (C=O) groups is 1. The molecule has 0 radical (unpaired) electrons. The van der Waals surface area contributed by atoms with E-state index < -0.39 is 11.2 Å². The van der Waals surface area contributed by atoms with E-state index in [9.17, 15) is 14.7 Å². The molecule has 188 valence electrons. The first-order valence-corrected chi connectivity index (χ1v) is 11.9. The fourth-order valence-electron chi connectivity index (χ4n) is 4.12. The molecular formula is C24H25ClN6O5. The highest BCUT2D eigenvalue weighted by Crippen LogP contribution is 2.31. The molecule has 1 saturated heterocycles. The van der Waals surface area contributed by atoms with Crippen molar-refractivity contribution in [1.82, 2.24) is 30.0 Å². The number of aromatic nitrogens is 5. The second-order valence-electron chi connectivity index (χ2n) is 9.40. The van der Waals surface area contributed by atoms with Crippen LogP contribution in [-0.2, 0) is 4.79 Å². The van der Waals surface area contributed by atoms with Crippen LogP contribution >= 0.6 is 11.6 Å². The van der Waals surface area contributed by atoms with Crippen LogP contribution in [0.3, 0.4) is 0 Å². The molecule has 12 heteroatoms. The predicted molar refractivity (Wildman–Crippen MR) is 132 cm³/mol. The summed E-state index contributed by atoms with van der Waals surface area (Å²) in [5.41, 5.74) is 2.33. The van der Waals surface area contributed by atoms with E-state index in [1.165, 1.54) is 0 Å².